The Morgan fingerprint density at radius 3 is 2.59 bits per heavy atom. The third kappa shape index (κ3) is 4.24. The molecule has 0 bridgehead atoms. The molecule has 2 atom stereocenters. The van der Waals surface area contributed by atoms with E-state index >= 15 is 0 Å². The number of aromatic hydroxyl groups is 1. The number of rotatable bonds is 5. The van der Waals surface area contributed by atoms with Crippen LogP contribution in [-0.2, 0) is 16.0 Å². The maximum absolute atomic E-state index is 11.5. The molecule has 5 heteroatoms. The summed E-state index contributed by atoms with van der Waals surface area (Å²) in [7, 11) is 0. The number of benzene rings is 1. The lowest BCUT2D eigenvalue weighted by molar-refractivity contribution is -0.124. The minimum absolute atomic E-state index is 0.168. The molecule has 4 N–H and O–H groups in total. The van der Waals surface area contributed by atoms with E-state index in [9.17, 15) is 9.59 Å². The first-order valence-corrected chi connectivity index (χ1v) is 5.32. The fraction of sp³-hybridized carbons (Fsp3) is 0.333. The van der Waals surface area contributed by atoms with E-state index < -0.39 is 12.1 Å². The summed E-state index contributed by atoms with van der Waals surface area (Å²) in [6.07, 6.45) is 1.00. The molecule has 92 valence electrons. The van der Waals surface area contributed by atoms with Crippen molar-refractivity contribution in [2.45, 2.75) is 25.4 Å². The highest BCUT2D eigenvalue weighted by Crippen LogP contribution is 2.10. The molecule has 0 radical (unpaired) electrons. The Bertz CT molecular complexity index is 389. The smallest absolute Gasteiger partial charge is 0.237 e. The summed E-state index contributed by atoms with van der Waals surface area (Å²) < 4.78 is 0. The molecule has 1 aromatic carbocycles. The fourth-order valence-electron chi connectivity index (χ4n) is 1.34. The Morgan fingerprint density at radius 2 is 2.06 bits per heavy atom. The minimum Gasteiger partial charge on any atom is -0.508 e. The van der Waals surface area contributed by atoms with E-state index in [1.165, 1.54) is 12.1 Å². The van der Waals surface area contributed by atoms with Gasteiger partial charge >= 0.3 is 0 Å². The van der Waals surface area contributed by atoms with Crippen LogP contribution < -0.4 is 11.1 Å². The van der Waals surface area contributed by atoms with E-state index in [0.29, 0.717) is 12.7 Å². The van der Waals surface area contributed by atoms with Gasteiger partial charge in [0.15, 0.2) is 0 Å². The number of hydrogen-bond donors (Lipinski definition) is 3. The third-order valence-electron chi connectivity index (χ3n) is 2.30. The van der Waals surface area contributed by atoms with E-state index in [2.05, 4.69) is 5.32 Å². The summed E-state index contributed by atoms with van der Waals surface area (Å²) in [6.45, 7) is 1.58. The number of carbonyl (C=O) groups is 2. The first-order valence-electron chi connectivity index (χ1n) is 5.32. The van der Waals surface area contributed by atoms with Crippen LogP contribution in [-0.4, -0.2) is 29.4 Å². The average Bonchev–Trinajstić information content (AvgIpc) is 2.31. The lowest BCUT2D eigenvalue weighted by Crippen LogP contribution is -2.46. The second kappa shape index (κ2) is 6.00. The van der Waals surface area contributed by atoms with Gasteiger partial charge in [0.1, 0.15) is 12.0 Å². The normalized spacial score (nSPS) is 13.8. The van der Waals surface area contributed by atoms with Crippen molar-refractivity contribution < 1.29 is 14.7 Å². The predicted octanol–water partition coefficient (Wildman–Crippen LogP) is -0.0344. The summed E-state index contributed by atoms with van der Waals surface area (Å²) in [6, 6.07) is 5.23. The lowest BCUT2D eigenvalue weighted by Gasteiger charge is -2.13. The average molecular weight is 236 g/mol. The first-order chi connectivity index (χ1) is 8.02. The van der Waals surface area contributed by atoms with Crippen LogP contribution in [0.5, 0.6) is 5.75 Å². The second-order valence-corrected chi connectivity index (χ2v) is 3.91. The standard InChI is InChI=1S/C12H16N2O3/c1-8(7-15)14-12(17)11(13)6-9-2-4-10(16)5-3-9/h2-5,7-8,11,16H,6,13H2,1H3,(H,14,17)/t8-,11-/m0/s1. The van der Waals surface area contributed by atoms with Crippen molar-refractivity contribution >= 4 is 12.2 Å². The molecule has 1 rings (SSSR count). The van der Waals surface area contributed by atoms with Crippen molar-refractivity contribution in [1.29, 1.82) is 0 Å². The van der Waals surface area contributed by atoms with Gasteiger partial charge in [-0.2, -0.15) is 0 Å². The molecular weight excluding hydrogens is 220 g/mol. The Balaban J connectivity index is 2.53. The molecule has 1 amide bonds. The number of nitrogens with one attached hydrogen (secondary N) is 1. The van der Waals surface area contributed by atoms with Crippen molar-refractivity contribution in [2.24, 2.45) is 5.73 Å². The van der Waals surface area contributed by atoms with E-state index in [0.717, 1.165) is 5.56 Å². The lowest BCUT2D eigenvalue weighted by atomic mass is 10.1. The van der Waals surface area contributed by atoms with Gasteiger partial charge in [0.05, 0.1) is 12.1 Å². The highest BCUT2D eigenvalue weighted by molar-refractivity contribution is 5.84. The highest BCUT2D eigenvalue weighted by atomic mass is 16.3. The summed E-state index contributed by atoms with van der Waals surface area (Å²) in [5.41, 5.74) is 6.55. The Morgan fingerprint density at radius 1 is 1.47 bits per heavy atom. The molecule has 0 heterocycles. The molecule has 17 heavy (non-hydrogen) atoms. The Labute approximate surface area is 99.6 Å². The molecule has 0 aliphatic heterocycles. The predicted molar refractivity (Wildman–Crippen MR) is 63.5 cm³/mol. The van der Waals surface area contributed by atoms with Crippen LogP contribution in [0.15, 0.2) is 24.3 Å². The minimum atomic E-state index is -0.707. The Kier molecular flexibility index (Phi) is 4.66. The number of phenols is 1. The summed E-state index contributed by atoms with van der Waals surface area (Å²) in [4.78, 5) is 21.9. The van der Waals surface area contributed by atoms with Crippen LogP contribution in [0, 0.1) is 0 Å². The van der Waals surface area contributed by atoms with Gasteiger partial charge in [-0.25, -0.2) is 0 Å². The van der Waals surface area contributed by atoms with Crippen LogP contribution in [0.1, 0.15) is 12.5 Å². The van der Waals surface area contributed by atoms with Crippen molar-refractivity contribution in [3.63, 3.8) is 0 Å². The van der Waals surface area contributed by atoms with E-state index in [-0.39, 0.29) is 11.7 Å². The molecule has 0 spiro atoms. The zero-order chi connectivity index (χ0) is 12.8. The molecule has 0 fully saturated rings. The number of phenolic OH excluding ortho intramolecular Hbond substituents is 1. The van der Waals surface area contributed by atoms with Gasteiger partial charge < -0.3 is 21.0 Å². The monoisotopic (exact) mass is 236 g/mol. The molecule has 0 saturated carbocycles. The summed E-state index contributed by atoms with van der Waals surface area (Å²) in [5, 5.41) is 11.6. The van der Waals surface area contributed by atoms with Crippen LogP contribution >= 0.6 is 0 Å². The van der Waals surface area contributed by atoms with E-state index in [1.54, 1.807) is 19.1 Å². The van der Waals surface area contributed by atoms with Crippen LogP contribution in [0.25, 0.3) is 0 Å². The van der Waals surface area contributed by atoms with Gasteiger partial charge in [-0.1, -0.05) is 12.1 Å². The van der Waals surface area contributed by atoms with E-state index in [4.69, 9.17) is 10.8 Å². The number of nitrogens with two attached hydrogens (primary N) is 1. The SMILES string of the molecule is C[C@@H](C=O)NC(=O)[C@@H](N)Cc1ccc(O)cc1. The molecular formula is C12H16N2O3. The molecule has 0 saturated heterocycles. The fourth-order valence-corrected chi connectivity index (χ4v) is 1.34. The molecule has 0 aliphatic carbocycles. The van der Waals surface area contributed by atoms with Crippen LogP contribution in [0.4, 0.5) is 0 Å². The molecule has 0 unspecified atom stereocenters. The zero-order valence-corrected chi connectivity index (χ0v) is 9.59. The van der Waals surface area contributed by atoms with Crippen molar-refractivity contribution in [3.8, 4) is 5.75 Å². The number of aldehydes is 1. The van der Waals surface area contributed by atoms with Crippen molar-refractivity contribution in [2.75, 3.05) is 0 Å². The maximum atomic E-state index is 11.5. The van der Waals surface area contributed by atoms with Gasteiger partial charge in [0, 0.05) is 0 Å². The molecule has 0 aliphatic rings. The Hall–Kier alpha value is -1.88. The largest absolute Gasteiger partial charge is 0.508 e. The quantitative estimate of drug-likeness (QED) is 0.626. The maximum Gasteiger partial charge on any atom is 0.237 e. The third-order valence-corrected chi connectivity index (χ3v) is 2.30. The van der Waals surface area contributed by atoms with Crippen LogP contribution in [0.3, 0.4) is 0 Å². The van der Waals surface area contributed by atoms with Gasteiger partial charge in [-0.15, -0.1) is 0 Å². The van der Waals surface area contributed by atoms with Gasteiger partial charge in [-0.05, 0) is 31.0 Å². The summed E-state index contributed by atoms with van der Waals surface area (Å²) >= 11 is 0. The van der Waals surface area contributed by atoms with Gasteiger partial charge in [0.2, 0.25) is 5.91 Å². The van der Waals surface area contributed by atoms with Gasteiger partial charge in [0.25, 0.3) is 0 Å². The number of amides is 1. The van der Waals surface area contributed by atoms with Crippen LogP contribution in [0.2, 0.25) is 0 Å². The number of hydrogen-bond acceptors (Lipinski definition) is 4. The summed E-state index contributed by atoms with van der Waals surface area (Å²) in [5.74, 6) is -0.195. The molecule has 5 nitrogen and oxygen atoms in total. The molecule has 0 aromatic heterocycles. The topological polar surface area (TPSA) is 92.4 Å². The second-order valence-electron chi connectivity index (χ2n) is 3.91. The molecule has 1 aromatic rings. The zero-order valence-electron chi connectivity index (χ0n) is 9.59. The number of carbonyl (C=O) groups excluding carboxylic acids is 2. The van der Waals surface area contributed by atoms with E-state index in [1.807, 2.05) is 0 Å². The first kappa shape index (κ1) is 13.2. The van der Waals surface area contributed by atoms with Crippen molar-refractivity contribution in [1.82, 2.24) is 5.32 Å². The highest BCUT2D eigenvalue weighted by Gasteiger charge is 2.15. The van der Waals surface area contributed by atoms with Crippen molar-refractivity contribution in [3.05, 3.63) is 29.8 Å². The van der Waals surface area contributed by atoms with Gasteiger partial charge in [-0.3, -0.25) is 4.79 Å².